The zero-order chi connectivity index (χ0) is 8.97. The highest BCUT2D eigenvalue weighted by Crippen LogP contribution is 2.19. The maximum atomic E-state index is 5.91. The molecule has 0 N–H and O–H groups in total. The Kier molecular flexibility index (Phi) is 3.09. The Labute approximate surface area is 74.9 Å². The summed E-state index contributed by atoms with van der Waals surface area (Å²) in [7, 11) is 0. The Morgan fingerprint density at radius 1 is 1.25 bits per heavy atom. The average molecular weight is 159 g/mol. The maximum Gasteiger partial charge on any atom is -0.0224 e. The van der Waals surface area contributed by atoms with Gasteiger partial charge >= 0.3 is 0 Å². The molecule has 0 aliphatic carbocycles. The van der Waals surface area contributed by atoms with E-state index in [1.807, 2.05) is 18.2 Å². The second-order valence-electron chi connectivity index (χ2n) is 3.49. The van der Waals surface area contributed by atoms with E-state index in [9.17, 15) is 0 Å². The number of hydrogen-bond acceptors (Lipinski definition) is 0. The van der Waals surface area contributed by atoms with Crippen LogP contribution in [-0.4, -0.2) is 0 Å². The van der Waals surface area contributed by atoms with Crippen molar-refractivity contribution in [2.24, 2.45) is 5.92 Å². The largest absolute Gasteiger partial charge is 0.0625 e. The van der Waals surface area contributed by atoms with Crippen molar-refractivity contribution in [1.82, 2.24) is 0 Å². The van der Waals surface area contributed by atoms with Crippen molar-refractivity contribution < 1.29 is 0 Å². The van der Waals surface area contributed by atoms with Crippen LogP contribution < -0.4 is 0 Å². The fraction of sp³-hybridized carbons (Fsp3) is 0.333. The van der Waals surface area contributed by atoms with Crippen LogP contribution in [-0.2, 0) is 0 Å². The molecule has 0 amide bonds. The first kappa shape index (κ1) is 9.05. The van der Waals surface area contributed by atoms with Crippen LogP contribution in [0.1, 0.15) is 25.8 Å². The Balaban J connectivity index is 2.66. The first-order valence-corrected chi connectivity index (χ1v) is 4.37. The Bertz CT molecular complexity index is 244. The third-order valence-electron chi connectivity index (χ3n) is 1.77. The molecule has 1 aromatic rings. The number of hydrogen-bond donors (Lipinski definition) is 0. The topological polar surface area (TPSA) is 0 Å². The van der Waals surface area contributed by atoms with Crippen molar-refractivity contribution >= 4 is 5.57 Å². The molecule has 1 radical (unpaired) electrons. The smallest absolute Gasteiger partial charge is 0.0224 e. The summed E-state index contributed by atoms with van der Waals surface area (Å²) >= 11 is 0. The number of benzene rings is 1. The summed E-state index contributed by atoms with van der Waals surface area (Å²) in [6.45, 7) is 10.3. The van der Waals surface area contributed by atoms with E-state index in [-0.39, 0.29) is 0 Å². The molecular weight excluding hydrogens is 144 g/mol. The van der Waals surface area contributed by atoms with Crippen molar-refractivity contribution in [1.29, 1.82) is 0 Å². The first-order valence-electron chi connectivity index (χ1n) is 4.37. The van der Waals surface area contributed by atoms with Crippen LogP contribution >= 0.6 is 0 Å². The van der Waals surface area contributed by atoms with Gasteiger partial charge in [-0.2, -0.15) is 0 Å². The van der Waals surface area contributed by atoms with Crippen molar-refractivity contribution in [3.63, 3.8) is 0 Å². The van der Waals surface area contributed by atoms with Gasteiger partial charge in [0.15, 0.2) is 0 Å². The fourth-order valence-electron chi connectivity index (χ4n) is 1.21. The normalized spacial score (nSPS) is 10.2. The molecule has 0 aliphatic rings. The molecule has 0 heterocycles. The van der Waals surface area contributed by atoms with Gasteiger partial charge in [0.1, 0.15) is 0 Å². The lowest BCUT2D eigenvalue weighted by atomic mass is 9.98. The third kappa shape index (κ3) is 2.54. The van der Waals surface area contributed by atoms with Gasteiger partial charge in [0.2, 0.25) is 0 Å². The van der Waals surface area contributed by atoms with Crippen molar-refractivity contribution in [3.8, 4) is 0 Å². The zero-order valence-electron chi connectivity index (χ0n) is 7.75. The van der Waals surface area contributed by atoms with Gasteiger partial charge in [0.05, 0.1) is 0 Å². The third-order valence-corrected chi connectivity index (χ3v) is 1.77. The summed E-state index contributed by atoms with van der Waals surface area (Å²) in [6, 6.07) is 10.1. The van der Waals surface area contributed by atoms with Gasteiger partial charge in [-0.1, -0.05) is 50.8 Å². The van der Waals surface area contributed by atoms with Gasteiger partial charge in [-0.15, -0.1) is 0 Å². The second kappa shape index (κ2) is 4.10. The average Bonchev–Trinajstić information content (AvgIpc) is 2.05. The van der Waals surface area contributed by atoms with Crippen LogP contribution in [0.4, 0.5) is 0 Å². The van der Waals surface area contributed by atoms with E-state index in [2.05, 4.69) is 26.0 Å². The van der Waals surface area contributed by atoms with E-state index >= 15 is 0 Å². The molecular formula is C12H15. The van der Waals surface area contributed by atoms with Crippen molar-refractivity contribution in [2.45, 2.75) is 20.3 Å². The molecule has 0 aromatic heterocycles. The van der Waals surface area contributed by atoms with Crippen molar-refractivity contribution in [2.75, 3.05) is 0 Å². The SMILES string of the molecule is [CH]=C(CC(C)C)c1ccccc1. The minimum absolute atomic E-state index is 0.630. The molecule has 0 nitrogen and oxygen atoms in total. The van der Waals surface area contributed by atoms with Crippen LogP contribution in [0.25, 0.3) is 5.57 Å². The van der Waals surface area contributed by atoms with Gasteiger partial charge < -0.3 is 0 Å². The van der Waals surface area contributed by atoms with E-state index in [4.69, 9.17) is 6.58 Å². The molecule has 0 unspecified atom stereocenters. The Hall–Kier alpha value is -1.04. The van der Waals surface area contributed by atoms with Gasteiger partial charge in [0, 0.05) is 0 Å². The molecule has 0 bridgehead atoms. The van der Waals surface area contributed by atoms with Gasteiger partial charge in [0.25, 0.3) is 0 Å². The predicted octanol–water partition coefficient (Wildman–Crippen LogP) is 3.55. The van der Waals surface area contributed by atoms with Gasteiger partial charge in [-0.05, 0) is 23.5 Å². The fourth-order valence-corrected chi connectivity index (χ4v) is 1.21. The van der Waals surface area contributed by atoms with E-state index < -0.39 is 0 Å². The van der Waals surface area contributed by atoms with E-state index in [0.717, 1.165) is 17.6 Å². The minimum atomic E-state index is 0.630. The highest BCUT2D eigenvalue weighted by molar-refractivity contribution is 5.61. The summed E-state index contributed by atoms with van der Waals surface area (Å²) < 4.78 is 0. The molecule has 0 aliphatic heterocycles. The first-order chi connectivity index (χ1) is 5.70. The molecule has 0 spiro atoms. The highest BCUT2D eigenvalue weighted by atomic mass is 14.0. The molecule has 63 valence electrons. The van der Waals surface area contributed by atoms with Crippen LogP contribution in [0.5, 0.6) is 0 Å². The molecule has 0 atom stereocenters. The predicted molar refractivity (Wildman–Crippen MR) is 53.6 cm³/mol. The van der Waals surface area contributed by atoms with Crippen LogP contribution in [0.2, 0.25) is 0 Å². The maximum absolute atomic E-state index is 5.91. The van der Waals surface area contributed by atoms with Crippen LogP contribution in [0.15, 0.2) is 30.3 Å². The molecule has 12 heavy (non-hydrogen) atoms. The lowest BCUT2D eigenvalue weighted by Crippen LogP contribution is -1.89. The van der Waals surface area contributed by atoms with E-state index in [1.165, 1.54) is 0 Å². The lowest BCUT2D eigenvalue weighted by Gasteiger charge is -2.07. The molecule has 0 saturated heterocycles. The molecule has 0 fully saturated rings. The van der Waals surface area contributed by atoms with Crippen molar-refractivity contribution in [3.05, 3.63) is 42.5 Å². The summed E-state index contributed by atoms with van der Waals surface area (Å²) in [5.74, 6) is 0.630. The number of allylic oxidation sites excluding steroid dienone is 1. The monoisotopic (exact) mass is 159 g/mol. The summed E-state index contributed by atoms with van der Waals surface area (Å²) in [4.78, 5) is 0. The summed E-state index contributed by atoms with van der Waals surface area (Å²) in [5.41, 5.74) is 2.15. The Morgan fingerprint density at radius 2 is 1.83 bits per heavy atom. The molecule has 0 saturated carbocycles. The van der Waals surface area contributed by atoms with E-state index in [0.29, 0.717) is 5.92 Å². The van der Waals surface area contributed by atoms with Crippen LogP contribution in [0.3, 0.4) is 0 Å². The molecule has 1 aromatic carbocycles. The van der Waals surface area contributed by atoms with Gasteiger partial charge in [-0.3, -0.25) is 0 Å². The second-order valence-corrected chi connectivity index (χ2v) is 3.49. The minimum Gasteiger partial charge on any atom is -0.0625 e. The number of rotatable bonds is 3. The standard InChI is InChI=1S/C12H15/c1-10(2)9-11(3)12-7-5-4-6-8-12/h3-8,10H,9H2,1-2H3. The van der Waals surface area contributed by atoms with E-state index in [1.54, 1.807) is 0 Å². The quantitative estimate of drug-likeness (QED) is 0.632. The summed E-state index contributed by atoms with van der Waals surface area (Å²) in [5, 5.41) is 0. The molecule has 1 rings (SSSR count). The zero-order valence-corrected chi connectivity index (χ0v) is 7.75. The van der Waals surface area contributed by atoms with Crippen LogP contribution in [0, 0.1) is 12.5 Å². The Morgan fingerprint density at radius 3 is 2.33 bits per heavy atom. The highest BCUT2D eigenvalue weighted by Gasteiger charge is 2.00. The molecule has 0 heteroatoms. The summed E-state index contributed by atoms with van der Waals surface area (Å²) in [6.07, 6.45) is 0.976. The lowest BCUT2D eigenvalue weighted by molar-refractivity contribution is 0.673. The van der Waals surface area contributed by atoms with Gasteiger partial charge in [-0.25, -0.2) is 0 Å².